The van der Waals surface area contributed by atoms with Crippen molar-refractivity contribution in [3.8, 4) is 0 Å². The lowest BCUT2D eigenvalue weighted by Gasteiger charge is -2.36. The summed E-state index contributed by atoms with van der Waals surface area (Å²) in [5, 5.41) is 10.3. The van der Waals surface area contributed by atoms with E-state index in [9.17, 15) is 9.90 Å². The van der Waals surface area contributed by atoms with Gasteiger partial charge >= 0.3 is 0 Å². The summed E-state index contributed by atoms with van der Waals surface area (Å²) in [4.78, 5) is 12.5. The van der Waals surface area contributed by atoms with Gasteiger partial charge in [0.25, 0.3) is 0 Å². The van der Waals surface area contributed by atoms with E-state index >= 15 is 0 Å². The zero-order chi connectivity index (χ0) is 11.7. The Labute approximate surface area is 97.4 Å². The van der Waals surface area contributed by atoms with Gasteiger partial charge in [-0.3, -0.25) is 4.79 Å². The highest BCUT2D eigenvalue weighted by Crippen LogP contribution is 2.66. The first kappa shape index (κ1) is 10.8. The summed E-state index contributed by atoms with van der Waals surface area (Å²) in [7, 11) is 0. The number of hydrogen-bond acceptors (Lipinski definition) is 2. The topological polar surface area (TPSA) is 37.3 Å². The summed E-state index contributed by atoms with van der Waals surface area (Å²) in [6.07, 6.45) is 3.68. The second kappa shape index (κ2) is 2.90. The minimum Gasteiger partial charge on any atom is -0.392 e. The molecule has 0 unspecified atom stereocenters. The van der Waals surface area contributed by atoms with Crippen molar-refractivity contribution < 1.29 is 9.90 Å². The van der Waals surface area contributed by atoms with Crippen molar-refractivity contribution in [3.05, 3.63) is 0 Å². The van der Waals surface area contributed by atoms with Crippen LogP contribution in [0.15, 0.2) is 0 Å². The van der Waals surface area contributed by atoms with Crippen molar-refractivity contribution in [2.45, 2.75) is 52.6 Å². The maximum absolute atomic E-state index is 12.5. The molecule has 4 bridgehead atoms. The molecule has 90 valence electrons. The van der Waals surface area contributed by atoms with Gasteiger partial charge in [-0.15, -0.1) is 0 Å². The molecule has 2 nitrogen and oxygen atoms in total. The van der Waals surface area contributed by atoms with Crippen molar-refractivity contribution in [2.24, 2.45) is 28.6 Å². The Kier molecular flexibility index (Phi) is 1.95. The first-order valence-electron chi connectivity index (χ1n) is 6.61. The second-order valence-corrected chi connectivity index (χ2v) is 7.01. The van der Waals surface area contributed by atoms with Crippen LogP contribution in [-0.2, 0) is 4.79 Å². The number of rotatable bonds is 0. The van der Waals surface area contributed by atoms with E-state index < -0.39 is 11.5 Å². The van der Waals surface area contributed by atoms with Gasteiger partial charge in [-0.1, -0.05) is 13.8 Å². The van der Waals surface area contributed by atoms with E-state index in [0.717, 1.165) is 25.7 Å². The number of aliphatic hydroxyl groups excluding tert-OH is 1. The van der Waals surface area contributed by atoms with Crippen LogP contribution in [0.4, 0.5) is 0 Å². The molecule has 0 aliphatic heterocycles. The molecule has 3 saturated carbocycles. The normalized spacial score (nSPS) is 54.1. The van der Waals surface area contributed by atoms with Gasteiger partial charge in [0.1, 0.15) is 5.78 Å². The average Bonchev–Trinajstić information content (AvgIpc) is 2.72. The van der Waals surface area contributed by atoms with E-state index in [1.54, 1.807) is 0 Å². The Morgan fingerprint density at radius 2 is 1.88 bits per heavy atom. The van der Waals surface area contributed by atoms with Crippen molar-refractivity contribution in [3.63, 3.8) is 0 Å². The fraction of sp³-hybridized carbons (Fsp3) is 0.929. The second-order valence-electron chi connectivity index (χ2n) is 7.01. The molecular weight excluding hydrogens is 200 g/mol. The molecular formula is C14H22O2. The first-order valence-corrected chi connectivity index (χ1v) is 6.61. The van der Waals surface area contributed by atoms with Crippen LogP contribution < -0.4 is 0 Å². The lowest BCUT2D eigenvalue weighted by molar-refractivity contribution is -0.139. The van der Waals surface area contributed by atoms with Crippen molar-refractivity contribution in [1.29, 1.82) is 0 Å². The maximum Gasteiger partial charge on any atom is 0.145 e. The Morgan fingerprint density at radius 1 is 1.19 bits per heavy atom. The van der Waals surface area contributed by atoms with Gasteiger partial charge in [-0.2, -0.15) is 0 Å². The Morgan fingerprint density at radius 3 is 2.56 bits per heavy atom. The molecule has 0 heterocycles. The van der Waals surface area contributed by atoms with Gasteiger partial charge in [0, 0.05) is 5.92 Å². The zero-order valence-corrected chi connectivity index (χ0v) is 10.5. The minimum absolute atomic E-state index is 0.233. The van der Waals surface area contributed by atoms with Gasteiger partial charge in [0.05, 0.1) is 11.5 Å². The van der Waals surface area contributed by atoms with E-state index in [4.69, 9.17) is 0 Å². The molecule has 2 heteroatoms. The Balaban J connectivity index is 2.13. The fourth-order valence-electron chi connectivity index (χ4n) is 5.02. The number of hydrogen-bond donors (Lipinski definition) is 1. The first-order chi connectivity index (χ1) is 7.39. The molecule has 0 aromatic carbocycles. The molecule has 0 spiro atoms. The molecule has 3 rings (SSSR count). The Bertz CT molecular complexity index is 347. The van der Waals surface area contributed by atoms with E-state index in [0.29, 0.717) is 17.6 Å². The average molecular weight is 222 g/mol. The molecule has 0 saturated heterocycles. The van der Waals surface area contributed by atoms with Crippen LogP contribution in [0.1, 0.15) is 46.5 Å². The lowest BCUT2D eigenvalue weighted by Crippen LogP contribution is -2.44. The van der Waals surface area contributed by atoms with Crippen LogP contribution in [0.3, 0.4) is 0 Å². The van der Waals surface area contributed by atoms with Crippen LogP contribution in [0.5, 0.6) is 0 Å². The maximum atomic E-state index is 12.5. The molecule has 5 atom stereocenters. The van der Waals surface area contributed by atoms with Crippen molar-refractivity contribution >= 4 is 5.78 Å². The van der Waals surface area contributed by atoms with Gasteiger partial charge < -0.3 is 5.11 Å². The number of Topliss-reactive ketones (excluding diaryl/α,β-unsaturated/α-hetero) is 1. The highest BCUT2D eigenvalue weighted by Gasteiger charge is 2.67. The number of carbonyl (C=O) groups excluding carboxylic acids is 1. The molecule has 16 heavy (non-hydrogen) atoms. The van der Waals surface area contributed by atoms with Crippen molar-refractivity contribution in [2.75, 3.05) is 0 Å². The summed E-state index contributed by atoms with van der Waals surface area (Å²) in [6.45, 7) is 6.61. The summed E-state index contributed by atoms with van der Waals surface area (Å²) >= 11 is 0. The lowest BCUT2D eigenvalue weighted by atomic mass is 9.69. The molecule has 0 aromatic rings. The fourth-order valence-corrected chi connectivity index (χ4v) is 5.02. The van der Waals surface area contributed by atoms with Crippen molar-refractivity contribution in [1.82, 2.24) is 0 Å². The van der Waals surface area contributed by atoms with Gasteiger partial charge in [-0.05, 0) is 49.9 Å². The van der Waals surface area contributed by atoms with E-state index in [1.807, 2.05) is 6.92 Å². The van der Waals surface area contributed by atoms with E-state index in [-0.39, 0.29) is 11.3 Å². The highest BCUT2D eigenvalue weighted by molar-refractivity contribution is 5.91. The van der Waals surface area contributed by atoms with Gasteiger partial charge in [0.15, 0.2) is 0 Å². The van der Waals surface area contributed by atoms with Crippen LogP contribution in [0.2, 0.25) is 0 Å². The standard InChI is InChI=1S/C14H22O2/c1-13(2)7-6-10(15)14(3)9-5-4-8(11(9)13)12(14)16/h8-11,15H,4-7H2,1-3H3/t8-,9+,10+,11-,14+/m0/s1. The molecule has 3 fully saturated rings. The summed E-state index contributed by atoms with van der Waals surface area (Å²) < 4.78 is 0. The smallest absolute Gasteiger partial charge is 0.145 e. The summed E-state index contributed by atoms with van der Waals surface area (Å²) in [5.41, 5.74) is -0.182. The quantitative estimate of drug-likeness (QED) is 0.683. The van der Waals surface area contributed by atoms with Crippen LogP contribution in [-0.4, -0.2) is 17.0 Å². The molecule has 3 aliphatic carbocycles. The molecule has 0 radical (unpaired) electrons. The van der Waals surface area contributed by atoms with Crippen LogP contribution >= 0.6 is 0 Å². The monoisotopic (exact) mass is 222 g/mol. The minimum atomic E-state index is -0.415. The third kappa shape index (κ3) is 1.000. The summed E-state index contributed by atoms with van der Waals surface area (Å²) in [5.74, 6) is 1.59. The van der Waals surface area contributed by atoms with E-state index in [2.05, 4.69) is 13.8 Å². The molecule has 3 aliphatic rings. The largest absolute Gasteiger partial charge is 0.392 e. The number of aliphatic hydroxyl groups is 1. The van der Waals surface area contributed by atoms with Gasteiger partial charge in [0.2, 0.25) is 0 Å². The third-order valence-corrected chi connectivity index (χ3v) is 5.95. The molecule has 0 aromatic heterocycles. The predicted molar refractivity (Wildman–Crippen MR) is 61.8 cm³/mol. The Hall–Kier alpha value is -0.370. The molecule has 1 N–H and O–H groups in total. The highest BCUT2D eigenvalue weighted by atomic mass is 16.3. The van der Waals surface area contributed by atoms with E-state index in [1.165, 1.54) is 0 Å². The van der Waals surface area contributed by atoms with Crippen LogP contribution in [0.25, 0.3) is 0 Å². The third-order valence-electron chi connectivity index (χ3n) is 5.95. The zero-order valence-electron chi connectivity index (χ0n) is 10.5. The number of ketones is 1. The van der Waals surface area contributed by atoms with Gasteiger partial charge in [-0.25, -0.2) is 0 Å². The number of carbonyl (C=O) groups is 1. The summed E-state index contributed by atoms with van der Waals surface area (Å²) in [6, 6.07) is 0. The predicted octanol–water partition coefficient (Wildman–Crippen LogP) is 2.40. The molecule has 0 amide bonds. The van der Waals surface area contributed by atoms with Crippen LogP contribution in [0, 0.1) is 28.6 Å². The SMILES string of the molecule is CC1(C)CC[C@@H](O)[C@]2(C)C(=O)[C@H]3CC[C@@H]2[C@H]31.